The number of ether oxygens (including phenoxy) is 1. The normalized spacial score (nSPS) is 11.8. The van der Waals surface area contributed by atoms with E-state index in [9.17, 15) is 13.2 Å². The molecule has 2 N–H and O–H groups in total. The van der Waals surface area contributed by atoms with E-state index in [1.807, 2.05) is 20.8 Å². The first kappa shape index (κ1) is 16.5. The van der Waals surface area contributed by atoms with E-state index < -0.39 is 12.7 Å². The molecule has 1 rings (SSSR count). The largest absolute Gasteiger partial charge is 0.489 e. The van der Waals surface area contributed by atoms with Crippen LogP contribution in [0.2, 0.25) is 0 Å². The summed E-state index contributed by atoms with van der Waals surface area (Å²) in [6, 6.07) is 4.73. The second-order valence-corrected chi connectivity index (χ2v) is 4.93. The summed E-state index contributed by atoms with van der Waals surface area (Å²) in [6.45, 7) is 4.86. The van der Waals surface area contributed by atoms with Crippen molar-refractivity contribution in [3.8, 4) is 5.75 Å². The average molecular weight is 290 g/mol. The fourth-order valence-corrected chi connectivity index (χ4v) is 1.86. The number of benzene rings is 1. The molecule has 0 amide bonds. The Balaban J connectivity index is 3.01. The van der Waals surface area contributed by atoms with Gasteiger partial charge in [0, 0.05) is 18.3 Å². The van der Waals surface area contributed by atoms with Gasteiger partial charge < -0.3 is 15.4 Å². The van der Waals surface area contributed by atoms with Crippen molar-refractivity contribution in [2.45, 2.75) is 39.5 Å². The first-order valence-electron chi connectivity index (χ1n) is 6.60. The molecule has 20 heavy (non-hydrogen) atoms. The topological polar surface area (TPSA) is 38.5 Å². The third-order valence-corrected chi connectivity index (χ3v) is 2.59. The predicted molar refractivity (Wildman–Crippen MR) is 75.2 cm³/mol. The molecule has 0 saturated heterocycles. The summed E-state index contributed by atoms with van der Waals surface area (Å²) in [5.41, 5.74) is 6.66. The molecule has 0 heterocycles. The van der Waals surface area contributed by atoms with Crippen molar-refractivity contribution < 1.29 is 17.9 Å². The van der Waals surface area contributed by atoms with Crippen molar-refractivity contribution in [2.24, 2.45) is 0 Å². The van der Waals surface area contributed by atoms with Crippen LogP contribution in [0.1, 0.15) is 27.2 Å². The maximum absolute atomic E-state index is 12.6. The van der Waals surface area contributed by atoms with Crippen LogP contribution >= 0.6 is 0 Å². The summed E-state index contributed by atoms with van der Waals surface area (Å²) in [5, 5.41) is 0. The molecule has 0 aromatic heterocycles. The Morgan fingerprint density at radius 2 is 1.95 bits per heavy atom. The summed E-state index contributed by atoms with van der Waals surface area (Å²) < 4.78 is 43.3. The van der Waals surface area contributed by atoms with Gasteiger partial charge in [-0.25, -0.2) is 0 Å². The molecule has 0 unspecified atom stereocenters. The number of halogens is 3. The molecule has 0 saturated carbocycles. The van der Waals surface area contributed by atoms with Gasteiger partial charge in [0.05, 0.1) is 11.8 Å². The smallest absolute Gasteiger partial charge is 0.405 e. The molecule has 3 nitrogen and oxygen atoms in total. The number of nitrogens with zero attached hydrogens (tertiary/aromatic N) is 1. The number of nitrogen functional groups attached to an aromatic ring is 1. The highest BCUT2D eigenvalue weighted by atomic mass is 19.4. The van der Waals surface area contributed by atoms with Crippen molar-refractivity contribution in [1.82, 2.24) is 0 Å². The van der Waals surface area contributed by atoms with Crippen LogP contribution < -0.4 is 15.4 Å². The van der Waals surface area contributed by atoms with Gasteiger partial charge in [0.25, 0.3) is 0 Å². The lowest BCUT2D eigenvalue weighted by atomic mass is 10.2. The second-order valence-electron chi connectivity index (χ2n) is 4.93. The Morgan fingerprint density at radius 3 is 2.45 bits per heavy atom. The van der Waals surface area contributed by atoms with Gasteiger partial charge in [0.15, 0.2) is 0 Å². The van der Waals surface area contributed by atoms with Gasteiger partial charge in [-0.05, 0) is 32.4 Å². The zero-order valence-corrected chi connectivity index (χ0v) is 12.0. The van der Waals surface area contributed by atoms with Gasteiger partial charge in [-0.3, -0.25) is 0 Å². The van der Waals surface area contributed by atoms with Crippen LogP contribution in [-0.4, -0.2) is 25.4 Å². The van der Waals surface area contributed by atoms with Gasteiger partial charge in [-0.1, -0.05) is 6.92 Å². The molecule has 0 atom stereocenters. The maximum atomic E-state index is 12.6. The lowest BCUT2D eigenvalue weighted by molar-refractivity contribution is -0.119. The van der Waals surface area contributed by atoms with Crippen molar-refractivity contribution in [2.75, 3.05) is 23.7 Å². The van der Waals surface area contributed by atoms with Gasteiger partial charge in [-0.2, -0.15) is 13.2 Å². The number of anilines is 2. The van der Waals surface area contributed by atoms with E-state index in [-0.39, 0.29) is 6.10 Å². The Kier molecular flexibility index (Phi) is 5.53. The van der Waals surface area contributed by atoms with E-state index in [1.54, 1.807) is 18.2 Å². The van der Waals surface area contributed by atoms with Crippen LogP contribution in [0.15, 0.2) is 18.2 Å². The summed E-state index contributed by atoms with van der Waals surface area (Å²) >= 11 is 0. The molecule has 0 radical (unpaired) electrons. The summed E-state index contributed by atoms with van der Waals surface area (Å²) in [5.74, 6) is 0.417. The lowest BCUT2D eigenvalue weighted by Gasteiger charge is -2.26. The number of alkyl halides is 3. The highest BCUT2D eigenvalue weighted by molar-refractivity contribution is 5.62. The first-order valence-corrected chi connectivity index (χ1v) is 6.60. The molecule has 0 aliphatic heterocycles. The predicted octanol–water partition coefficient (Wildman–Crippen LogP) is 3.83. The number of nitrogens with two attached hydrogens (primary N) is 1. The van der Waals surface area contributed by atoms with E-state index >= 15 is 0 Å². The zero-order chi connectivity index (χ0) is 15.3. The van der Waals surface area contributed by atoms with Crippen LogP contribution in [0.25, 0.3) is 0 Å². The monoisotopic (exact) mass is 290 g/mol. The molecule has 114 valence electrons. The molecule has 0 aliphatic rings. The Hall–Kier alpha value is -1.59. The van der Waals surface area contributed by atoms with Gasteiger partial charge in [0.2, 0.25) is 0 Å². The van der Waals surface area contributed by atoms with E-state index in [0.29, 0.717) is 30.1 Å². The third kappa shape index (κ3) is 5.19. The second kappa shape index (κ2) is 6.72. The van der Waals surface area contributed by atoms with Crippen LogP contribution in [0.3, 0.4) is 0 Å². The van der Waals surface area contributed by atoms with Gasteiger partial charge in [-0.15, -0.1) is 0 Å². The van der Waals surface area contributed by atoms with E-state index in [1.165, 1.54) is 4.90 Å². The highest BCUT2D eigenvalue weighted by Crippen LogP contribution is 2.30. The average Bonchev–Trinajstić information content (AvgIpc) is 2.29. The Labute approximate surface area is 117 Å². The summed E-state index contributed by atoms with van der Waals surface area (Å²) in [4.78, 5) is 1.28. The minimum Gasteiger partial charge on any atom is -0.489 e. The summed E-state index contributed by atoms with van der Waals surface area (Å²) in [6.07, 6.45) is -3.70. The van der Waals surface area contributed by atoms with Crippen molar-refractivity contribution >= 4 is 11.4 Å². The minimum absolute atomic E-state index is 0.0882. The third-order valence-electron chi connectivity index (χ3n) is 2.59. The van der Waals surface area contributed by atoms with Crippen molar-refractivity contribution in [1.29, 1.82) is 0 Å². The molecule has 1 aromatic carbocycles. The minimum atomic E-state index is -4.24. The molecular weight excluding hydrogens is 269 g/mol. The van der Waals surface area contributed by atoms with Crippen molar-refractivity contribution in [3.63, 3.8) is 0 Å². The maximum Gasteiger partial charge on any atom is 0.405 e. The molecule has 0 aliphatic carbocycles. The zero-order valence-electron chi connectivity index (χ0n) is 12.0. The molecule has 1 aromatic rings. The first-order chi connectivity index (χ1) is 9.23. The Morgan fingerprint density at radius 1 is 1.30 bits per heavy atom. The fourth-order valence-electron chi connectivity index (χ4n) is 1.86. The number of hydrogen-bond acceptors (Lipinski definition) is 3. The van der Waals surface area contributed by atoms with Crippen LogP contribution in [0, 0.1) is 0 Å². The lowest BCUT2D eigenvalue weighted by Crippen LogP contribution is -2.34. The highest BCUT2D eigenvalue weighted by Gasteiger charge is 2.30. The van der Waals surface area contributed by atoms with Crippen LogP contribution in [0.4, 0.5) is 24.5 Å². The standard InChI is InChI=1S/C14H21F3N2O/c1-4-7-19(9-14(15,16)17)11-5-6-12(18)13(8-11)20-10(2)3/h5-6,8,10H,4,7,9,18H2,1-3H3. The summed E-state index contributed by atoms with van der Waals surface area (Å²) in [7, 11) is 0. The van der Waals surface area contributed by atoms with Gasteiger partial charge >= 0.3 is 6.18 Å². The van der Waals surface area contributed by atoms with Crippen LogP contribution in [0.5, 0.6) is 5.75 Å². The Bertz CT molecular complexity index is 433. The SMILES string of the molecule is CCCN(CC(F)(F)F)c1ccc(N)c(OC(C)C)c1. The van der Waals surface area contributed by atoms with Crippen molar-refractivity contribution in [3.05, 3.63) is 18.2 Å². The molecule has 0 bridgehead atoms. The number of rotatable bonds is 6. The molecular formula is C14H21F3N2O. The fraction of sp³-hybridized carbons (Fsp3) is 0.571. The molecule has 0 fully saturated rings. The van der Waals surface area contributed by atoms with E-state index in [4.69, 9.17) is 10.5 Å². The van der Waals surface area contributed by atoms with Gasteiger partial charge in [0.1, 0.15) is 12.3 Å². The van der Waals surface area contributed by atoms with E-state index in [0.717, 1.165) is 0 Å². The number of hydrogen-bond donors (Lipinski definition) is 1. The molecule has 0 spiro atoms. The molecule has 6 heteroatoms. The quantitative estimate of drug-likeness (QED) is 0.809. The van der Waals surface area contributed by atoms with E-state index in [2.05, 4.69) is 0 Å². The van der Waals surface area contributed by atoms with Crippen LogP contribution in [-0.2, 0) is 0 Å².